The molecular formula is C24H24F2N8O3. The number of anilines is 2. The molecule has 192 valence electrons. The van der Waals surface area contributed by atoms with Gasteiger partial charge in [0, 0.05) is 22.9 Å². The summed E-state index contributed by atoms with van der Waals surface area (Å²) in [5.74, 6) is -0.529. The molecule has 2 heterocycles. The van der Waals surface area contributed by atoms with E-state index in [0.717, 1.165) is 4.68 Å². The Morgan fingerprint density at radius 1 is 1.24 bits per heavy atom. The average Bonchev–Trinajstić information content (AvgIpc) is 3.28. The lowest BCUT2D eigenvalue weighted by molar-refractivity contribution is 0.260. The minimum atomic E-state index is -1.07. The van der Waals surface area contributed by atoms with Crippen LogP contribution in [-0.2, 0) is 0 Å². The van der Waals surface area contributed by atoms with E-state index in [9.17, 15) is 9.18 Å². The van der Waals surface area contributed by atoms with Crippen molar-refractivity contribution >= 4 is 17.3 Å². The van der Waals surface area contributed by atoms with Crippen molar-refractivity contribution in [2.24, 2.45) is 5.73 Å². The third-order valence-electron chi connectivity index (χ3n) is 5.31. The maximum absolute atomic E-state index is 15.7. The van der Waals surface area contributed by atoms with E-state index < -0.39 is 24.2 Å². The number of nitrogen functional groups attached to an aromatic ring is 2. The van der Waals surface area contributed by atoms with Crippen LogP contribution in [0, 0.1) is 11.2 Å². The fourth-order valence-corrected chi connectivity index (χ4v) is 3.56. The Labute approximate surface area is 209 Å². The summed E-state index contributed by atoms with van der Waals surface area (Å²) in [5, 5.41) is 15.0. The van der Waals surface area contributed by atoms with Gasteiger partial charge in [-0.3, -0.25) is 10.4 Å². The van der Waals surface area contributed by atoms with Crippen LogP contribution in [0.5, 0.6) is 11.5 Å². The molecule has 0 unspecified atom stereocenters. The molecule has 4 aromatic rings. The van der Waals surface area contributed by atoms with Crippen molar-refractivity contribution in [1.82, 2.24) is 19.7 Å². The number of aromatic amines is 1. The molecule has 2 aromatic heterocycles. The summed E-state index contributed by atoms with van der Waals surface area (Å²) in [6.45, 7) is -1.18. The molecule has 0 fully saturated rings. The molecule has 0 aliphatic heterocycles. The van der Waals surface area contributed by atoms with E-state index >= 15 is 4.39 Å². The first-order valence-electron chi connectivity index (χ1n) is 11.0. The van der Waals surface area contributed by atoms with Gasteiger partial charge in [-0.1, -0.05) is 6.07 Å². The number of nitrogens with one attached hydrogen (secondary N) is 3. The molecule has 0 radical (unpaired) electrons. The number of hydrogen-bond donors (Lipinski definition) is 5. The van der Waals surface area contributed by atoms with Crippen molar-refractivity contribution in [3.05, 3.63) is 87.9 Å². The standard InChI is InChI=1S/C24H24F2N8O3/c1-36-15-11-16(20(26)17(12-15)37-10-9-25)21(30-14-7-5-13(6-8-14)22(28)29)23-32-24(35)34(33-23)19-4-2-3-18(27)31-19/h2-8,11-12,21,30H,9-10H2,1H3,(H2,27,31)(H3,28,29)(H,32,33,35)/t21-/m0/s1. The monoisotopic (exact) mass is 510 g/mol. The van der Waals surface area contributed by atoms with Gasteiger partial charge in [-0.2, -0.15) is 4.68 Å². The number of rotatable bonds is 10. The first kappa shape index (κ1) is 25.2. The maximum atomic E-state index is 15.7. The molecule has 0 bridgehead atoms. The molecule has 1 atom stereocenters. The van der Waals surface area contributed by atoms with E-state index in [1.165, 1.54) is 19.2 Å². The Kier molecular flexibility index (Phi) is 7.32. The summed E-state index contributed by atoms with van der Waals surface area (Å²) in [5.41, 5.74) is 11.6. The summed E-state index contributed by atoms with van der Waals surface area (Å²) in [6, 6.07) is 12.8. The fourth-order valence-electron chi connectivity index (χ4n) is 3.56. The zero-order valence-corrected chi connectivity index (χ0v) is 19.7. The van der Waals surface area contributed by atoms with Crippen LogP contribution in [0.4, 0.5) is 20.3 Å². The summed E-state index contributed by atoms with van der Waals surface area (Å²) in [6.07, 6.45) is 0. The average molecular weight is 511 g/mol. The molecule has 0 saturated heterocycles. The molecule has 0 saturated carbocycles. The predicted molar refractivity (Wildman–Crippen MR) is 134 cm³/mol. The number of amidine groups is 1. The summed E-state index contributed by atoms with van der Waals surface area (Å²) < 4.78 is 39.9. The van der Waals surface area contributed by atoms with Gasteiger partial charge in [0.1, 0.15) is 36.7 Å². The Morgan fingerprint density at radius 2 is 2.00 bits per heavy atom. The number of aromatic nitrogens is 4. The summed E-state index contributed by atoms with van der Waals surface area (Å²) >= 11 is 0. The molecule has 0 aliphatic rings. The van der Waals surface area contributed by atoms with E-state index in [0.29, 0.717) is 11.3 Å². The highest BCUT2D eigenvalue weighted by Crippen LogP contribution is 2.35. The molecular weight excluding hydrogens is 486 g/mol. The van der Waals surface area contributed by atoms with Gasteiger partial charge in [0.15, 0.2) is 23.2 Å². The van der Waals surface area contributed by atoms with Crippen LogP contribution in [0.2, 0.25) is 0 Å². The van der Waals surface area contributed by atoms with E-state index in [-0.39, 0.29) is 47.0 Å². The highest BCUT2D eigenvalue weighted by Gasteiger charge is 2.27. The molecule has 0 amide bonds. The van der Waals surface area contributed by atoms with Gasteiger partial charge >= 0.3 is 5.69 Å². The minimum absolute atomic E-state index is 0.00490. The normalized spacial score (nSPS) is 11.6. The van der Waals surface area contributed by atoms with E-state index in [4.69, 9.17) is 26.4 Å². The lowest BCUT2D eigenvalue weighted by Gasteiger charge is -2.21. The fraction of sp³-hybridized carbons (Fsp3) is 0.167. The Morgan fingerprint density at radius 3 is 2.65 bits per heavy atom. The van der Waals surface area contributed by atoms with Crippen molar-refractivity contribution < 1.29 is 18.3 Å². The third-order valence-corrected chi connectivity index (χ3v) is 5.31. The zero-order chi connectivity index (χ0) is 26.5. The van der Waals surface area contributed by atoms with E-state index in [1.54, 1.807) is 42.5 Å². The quantitative estimate of drug-likeness (QED) is 0.160. The summed E-state index contributed by atoms with van der Waals surface area (Å²) in [7, 11) is 1.39. The number of pyridine rings is 1. The Balaban J connectivity index is 1.84. The smallest absolute Gasteiger partial charge is 0.349 e. The van der Waals surface area contributed by atoms with E-state index in [2.05, 4.69) is 20.4 Å². The molecule has 37 heavy (non-hydrogen) atoms. The second-order valence-corrected chi connectivity index (χ2v) is 7.78. The van der Waals surface area contributed by atoms with Crippen LogP contribution < -0.4 is 31.9 Å². The van der Waals surface area contributed by atoms with Crippen molar-refractivity contribution in [1.29, 1.82) is 5.41 Å². The molecule has 0 spiro atoms. The van der Waals surface area contributed by atoms with Crippen LogP contribution in [0.3, 0.4) is 0 Å². The number of H-pyrrole nitrogens is 1. The van der Waals surface area contributed by atoms with Gasteiger partial charge in [0.2, 0.25) is 0 Å². The van der Waals surface area contributed by atoms with Crippen LogP contribution in [0.15, 0.2) is 59.4 Å². The van der Waals surface area contributed by atoms with Crippen LogP contribution >= 0.6 is 0 Å². The van der Waals surface area contributed by atoms with Gasteiger partial charge in [-0.05, 0) is 42.5 Å². The predicted octanol–water partition coefficient (Wildman–Crippen LogP) is 2.52. The number of hydrogen-bond acceptors (Lipinski definition) is 8. The summed E-state index contributed by atoms with van der Waals surface area (Å²) in [4.78, 5) is 19.5. The number of benzene rings is 2. The molecule has 11 nitrogen and oxygen atoms in total. The number of nitrogens with zero attached hydrogens (tertiary/aromatic N) is 3. The lowest BCUT2D eigenvalue weighted by atomic mass is 10.0. The SMILES string of the molecule is COc1cc(OCCF)c(F)c([C@H](Nc2ccc(C(=N)N)cc2)c2nn(-c3cccc(N)n3)c(=O)[nH]2)c1. The second kappa shape index (κ2) is 10.8. The van der Waals surface area contributed by atoms with Gasteiger partial charge in [0.25, 0.3) is 0 Å². The Hall–Kier alpha value is -4.94. The maximum Gasteiger partial charge on any atom is 0.349 e. The number of nitrogens with two attached hydrogens (primary N) is 2. The van der Waals surface area contributed by atoms with E-state index in [1.807, 2.05) is 0 Å². The van der Waals surface area contributed by atoms with Crippen LogP contribution in [-0.4, -0.2) is 46.0 Å². The number of methoxy groups -OCH3 is 1. The minimum Gasteiger partial charge on any atom is -0.497 e. The largest absolute Gasteiger partial charge is 0.497 e. The Bertz CT molecular complexity index is 1470. The second-order valence-electron chi connectivity index (χ2n) is 7.78. The van der Waals surface area contributed by atoms with Crippen LogP contribution in [0.1, 0.15) is 23.0 Å². The topological polar surface area (TPSA) is 170 Å². The van der Waals surface area contributed by atoms with Gasteiger partial charge in [-0.25, -0.2) is 18.6 Å². The van der Waals surface area contributed by atoms with Crippen molar-refractivity contribution in [2.45, 2.75) is 6.04 Å². The van der Waals surface area contributed by atoms with Gasteiger partial charge < -0.3 is 26.3 Å². The molecule has 0 aliphatic carbocycles. The first-order valence-corrected chi connectivity index (χ1v) is 11.0. The number of halogens is 2. The molecule has 4 rings (SSSR count). The molecule has 2 aromatic carbocycles. The highest BCUT2D eigenvalue weighted by atomic mass is 19.1. The zero-order valence-electron chi connectivity index (χ0n) is 19.7. The lowest BCUT2D eigenvalue weighted by Crippen LogP contribution is -2.18. The van der Waals surface area contributed by atoms with Crippen molar-refractivity contribution in [2.75, 3.05) is 31.4 Å². The van der Waals surface area contributed by atoms with Gasteiger partial charge in [-0.15, -0.1) is 5.10 Å². The third kappa shape index (κ3) is 5.50. The van der Waals surface area contributed by atoms with Crippen molar-refractivity contribution in [3.63, 3.8) is 0 Å². The number of ether oxygens (including phenoxy) is 2. The van der Waals surface area contributed by atoms with Crippen LogP contribution in [0.25, 0.3) is 5.82 Å². The highest BCUT2D eigenvalue weighted by molar-refractivity contribution is 5.95. The first-order chi connectivity index (χ1) is 17.8. The van der Waals surface area contributed by atoms with Gasteiger partial charge in [0.05, 0.1) is 7.11 Å². The van der Waals surface area contributed by atoms with Crippen molar-refractivity contribution in [3.8, 4) is 17.3 Å². The molecule has 13 heteroatoms. The molecule has 7 N–H and O–H groups in total. The number of alkyl halides is 1.